The summed E-state index contributed by atoms with van der Waals surface area (Å²) in [4.78, 5) is 29.8. The number of pyridine rings is 1. The fourth-order valence-corrected chi connectivity index (χ4v) is 3.53. The number of aromatic nitrogens is 3. The number of hydrogen-bond acceptors (Lipinski definition) is 6. The molecule has 1 aromatic carbocycles. The molecule has 1 aliphatic heterocycles. The number of amides is 1. The molecule has 0 saturated heterocycles. The minimum absolute atomic E-state index is 0.261. The summed E-state index contributed by atoms with van der Waals surface area (Å²) >= 11 is 0. The van der Waals surface area contributed by atoms with Crippen LogP contribution < -0.4 is 11.1 Å². The number of benzene rings is 1. The first-order valence-corrected chi connectivity index (χ1v) is 9.47. The van der Waals surface area contributed by atoms with Crippen LogP contribution in [0.25, 0.3) is 0 Å². The fourth-order valence-electron chi connectivity index (χ4n) is 3.53. The number of anilines is 1. The SMILES string of the molecule is Cc1ccc(C(=O)Nc2ccc(F)c([C@]3(C)Cc4nc(C)ncc4C(N)=N3)c2)nc1. The molecule has 1 atom stereocenters. The Bertz CT molecular complexity index is 1170. The zero-order chi connectivity index (χ0) is 21.5. The molecule has 30 heavy (non-hydrogen) atoms. The molecule has 0 unspecified atom stereocenters. The number of aliphatic imine (C=N–C) groups is 1. The summed E-state index contributed by atoms with van der Waals surface area (Å²) < 4.78 is 14.8. The Morgan fingerprint density at radius 2 is 1.97 bits per heavy atom. The van der Waals surface area contributed by atoms with Crippen LogP contribution in [0.4, 0.5) is 10.1 Å². The van der Waals surface area contributed by atoms with Crippen LogP contribution in [0.2, 0.25) is 0 Å². The third kappa shape index (κ3) is 3.63. The quantitative estimate of drug-likeness (QED) is 0.698. The van der Waals surface area contributed by atoms with Crippen molar-refractivity contribution >= 4 is 17.4 Å². The minimum Gasteiger partial charge on any atom is -0.383 e. The molecule has 152 valence electrons. The van der Waals surface area contributed by atoms with Crippen molar-refractivity contribution in [1.29, 1.82) is 0 Å². The van der Waals surface area contributed by atoms with Gasteiger partial charge in [-0.05, 0) is 50.6 Å². The molecular weight excluding hydrogens is 383 g/mol. The largest absolute Gasteiger partial charge is 0.383 e. The van der Waals surface area contributed by atoms with Gasteiger partial charge in [-0.25, -0.2) is 14.4 Å². The number of amidine groups is 1. The van der Waals surface area contributed by atoms with E-state index >= 15 is 0 Å². The van der Waals surface area contributed by atoms with Gasteiger partial charge in [-0.2, -0.15) is 0 Å². The van der Waals surface area contributed by atoms with E-state index in [-0.39, 0.29) is 17.4 Å². The van der Waals surface area contributed by atoms with Crippen molar-refractivity contribution in [3.8, 4) is 0 Å². The predicted octanol–water partition coefficient (Wildman–Crippen LogP) is 3.06. The summed E-state index contributed by atoms with van der Waals surface area (Å²) in [6.07, 6.45) is 3.62. The maximum Gasteiger partial charge on any atom is 0.274 e. The summed E-state index contributed by atoms with van der Waals surface area (Å²) in [5, 5.41) is 2.77. The number of halogens is 1. The smallest absolute Gasteiger partial charge is 0.274 e. The molecule has 4 rings (SSSR count). The highest BCUT2D eigenvalue weighted by molar-refractivity contribution is 6.03. The van der Waals surface area contributed by atoms with Crippen LogP contribution >= 0.6 is 0 Å². The monoisotopic (exact) mass is 404 g/mol. The molecule has 0 spiro atoms. The van der Waals surface area contributed by atoms with E-state index in [4.69, 9.17) is 5.73 Å². The Balaban J connectivity index is 1.67. The van der Waals surface area contributed by atoms with Gasteiger partial charge >= 0.3 is 0 Å². The van der Waals surface area contributed by atoms with Gasteiger partial charge in [0, 0.05) is 30.1 Å². The van der Waals surface area contributed by atoms with Crippen molar-refractivity contribution in [2.24, 2.45) is 10.7 Å². The Hall–Kier alpha value is -3.68. The van der Waals surface area contributed by atoms with E-state index in [1.165, 1.54) is 12.1 Å². The molecule has 0 aliphatic carbocycles. The Labute approximate surface area is 173 Å². The number of carbonyl (C=O) groups is 1. The van der Waals surface area contributed by atoms with Crippen LogP contribution in [0.3, 0.4) is 0 Å². The van der Waals surface area contributed by atoms with Crippen molar-refractivity contribution in [1.82, 2.24) is 15.0 Å². The second kappa shape index (κ2) is 7.29. The van der Waals surface area contributed by atoms with E-state index in [1.807, 2.05) is 6.92 Å². The third-order valence-corrected chi connectivity index (χ3v) is 5.09. The van der Waals surface area contributed by atoms with Crippen molar-refractivity contribution in [3.63, 3.8) is 0 Å². The summed E-state index contributed by atoms with van der Waals surface area (Å²) in [5.74, 6) is 0.0575. The minimum atomic E-state index is -0.967. The maximum absolute atomic E-state index is 14.8. The molecule has 8 heteroatoms. The summed E-state index contributed by atoms with van der Waals surface area (Å²) in [6, 6.07) is 7.84. The Morgan fingerprint density at radius 3 is 2.70 bits per heavy atom. The number of carbonyl (C=O) groups excluding carboxylic acids is 1. The molecule has 1 amide bonds. The fraction of sp³-hybridized carbons (Fsp3) is 0.227. The highest BCUT2D eigenvalue weighted by Crippen LogP contribution is 2.36. The van der Waals surface area contributed by atoms with E-state index in [1.54, 1.807) is 44.4 Å². The highest BCUT2D eigenvalue weighted by atomic mass is 19.1. The van der Waals surface area contributed by atoms with Crippen molar-refractivity contribution in [2.45, 2.75) is 32.7 Å². The van der Waals surface area contributed by atoms with E-state index in [0.29, 0.717) is 29.1 Å². The first-order valence-electron chi connectivity index (χ1n) is 9.47. The molecule has 7 nitrogen and oxygen atoms in total. The lowest BCUT2D eigenvalue weighted by Crippen LogP contribution is -2.35. The normalized spacial score (nSPS) is 17.8. The van der Waals surface area contributed by atoms with Crippen LogP contribution in [0.1, 0.15) is 45.6 Å². The molecule has 3 heterocycles. The van der Waals surface area contributed by atoms with Gasteiger partial charge < -0.3 is 11.1 Å². The summed E-state index contributed by atoms with van der Waals surface area (Å²) in [6.45, 7) is 5.48. The molecule has 0 bridgehead atoms. The highest BCUT2D eigenvalue weighted by Gasteiger charge is 2.35. The molecule has 0 saturated carbocycles. The van der Waals surface area contributed by atoms with Crippen molar-refractivity contribution < 1.29 is 9.18 Å². The number of nitrogens with one attached hydrogen (secondary N) is 1. The topological polar surface area (TPSA) is 106 Å². The number of rotatable bonds is 3. The summed E-state index contributed by atoms with van der Waals surface area (Å²) in [7, 11) is 0. The van der Waals surface area contributed by atoms with Gasteiger partial charge in [0.2, 0.25) is 0 Å². The van der Waals surface area contributed by atoms with Crippen LogP contribution in [-0.2, 0) is 12.0 Å². The second-order valence-electron chi connectivity index (χ2n) is 7.59. The van der Waals surface area contributed by atoms with E-state index in [0.717, 1.165) is 11.3 Å². The number of aryl methyl sites for hydroxylation is 2. The van der Waals surface area contributed by atoms with Gasteiger partial charge in [0.05, 0.1) is 16.8 Å². The number of nitrogens with zero attached hydrogens (tertiary/aromatic N) is 4. The summed E-state index contributed by atoms with van der Waals surface area (Å²) in [5.41, 5.74) is 8.54. The number of fused-ring (bicyclic) bond motifs is 1. The Morgan fingerprint density at radius 1 is 1.17 bits per heavy atom. The lowest BCUT2D eigenvalue weighted by molar-refractivity contribution is 0.102. The zero-order valence-electron chi connectivity index (χ0n) is 16.9. The lowest BCUT2D eigenvalue weighted by Gasteiger charge is -2.31. The van der Waals surface area contributed by atoms with Gasteiger partial charge in [0.1, 0.15) is 23.2 Å². The molecule has 0 fully saturated rings. The molecule has 2 aromatic heterocycles. The van der Waals surface area contributed by atoms with Crippen molar-refractivity contribution in [3.05, 3.63) is 82.4 Å². The van der Waals surface area contributed by atoms with Crippen LogP contribution in [0.15, 0.2) is 47.7 Å². The molecule has 1 aliphatic rings. The van der Waals surface area contributed by atoms with E-state index in [9.17, 15) is 9.18 Å². The second-order valence-corrected chi connectivity index (χ2v) is 7.59. The maximum atomic E-state index is 14.8. The van der Waals surface area contributed by atoms with Crippen molar-refractivity contribution in [2.75, 3.05) is 5.32 Å². The lowest BCUT2D eigenvalue weighted by atomic mass is 9.84. The Kier molecular flexibility index (Phi) is 4.77. The molecule has 0 radical (unpaired) electrons. The number of nitrogens with two attached hydrogens (primary N) is 1. The average molecular weight is 404 g/mol. The predicted molar refractivity (Wildman–Crippen MR) is 112 cm³/mol. The average Bonchev–Trinajstić information content (AvgIpc) is 2.69. The van der Waals surface area contributed by atoms with Gasteiger partial charge in [0.15, 0.2) is 0 Å². The third-order valence-electron chi connectivity index (χ3n) is 5.09. The van der Waals surface area contributed by atoms with Crippen LogP contribution in [0.5, 0.6) is 0 Å². The van der Waals surface area contributed by atoms with Gasteiger partial charge in [-0.3, -0.25) is 14.8 Å². The first-order chi connectivity index (χ1) is 14.2. The molecule has 3 N–H and O–H groups in total. The standard InChI is InChI=1S/C22H21FN6O/c1-12-4-7-18(26-10-12)21(30)28-14-5-6-17(23)16(8-14)22(3)9-19-15(20(24)29-22)11-25-13(2)27-19/h4-8,10-11H,9H2,1-3H3,(H2,24,29)(H,28,30)/t22-/m0/s1. The van der Waals surface area contributed by atoms with Gasteiger partial charge in [-0.15, -0.1) is 0 Å². The van der Waals surface area contributed by atoms with E-state index < -0.39 is 11.4 Å². The zero-order valence-corrected chi connectivity index (χ0v) is 16.9. The molecule has 3 aromatic rings. The molecular formula is C22H21FN6O. The number of hydrogen-bond donors (Lipinski definition) is 2. The van der Waals surface area contributed by atoms with Crippen LogP contribution in [0, 0.1) is 19.7 Å². The van der Waals surface area contributed by atoms with Crippen LogP contribution in [-0.4, -0.2) is 26.7 Å². The van der Waals surface area contributed by atoms with Gasteiger partial charge in [-0.1, -0.05) is 6.07 Å². The van der Waals surface area contributed by atoms with Gasteiger partial charge in [0.25, 0.3) is 5.91 Å². The first kappa shape index (κ1) is 19.6. The van der Waals surface area contributed by atoms with E-state index in [2.05, 4.69) is 25.3 Å².